The molecule has 2 aliphatic rings. The fraction of sp³-hybridized carbons (Fsp3) is 0.545. The van der Waals surface area contributed by atoms with E-state index in [1.807, 2.05) is 19.0 Å². The molecule has 1 aromatic rings. The van der Waals surface area contributed by atoms with Crippen molar-refractivity contribution < 1.29 is 14.7 Å². The van der Waals surface area contributed by atoms with Crippen LogP contribution in [0.1, 0.15) is 43.2 Å². The van der Waals surface area contributed by atoms with Gasteiger partial charge < -0.3 is 20.2 Å². The highest BCUT2D eigenvalue weighted by atomic mass is 16.3. The Morgan fingerprint density at radius 1 is 1.21 bits per heavy atom. The number of carbonyl (C=O) groups is 2. The van der Waals surface area contributed by atoms with Crippen molar-refractivity contribution in [3.63, 3.8) is 0 Å². The third-order valence-electron chi connectivity index (χ3n) is 5.77. The van der Waals surface area contributed by atoms with Crippen molar-refractivity contribution in [2.45, 2.75) is 44.2 Å². The number of rotatable bonds is 7. The van der Waals surface area contributed by atoms with E-state index in [-0.39, 0.29) is 36.4 Å². The molecule has 6 nitrogen and oxygen atoms in total. The molecule has 1 saturated heterocycles. The number of amides is 2. The monoisotopic (exact) mass is 385 g/mol. The van der Waals surface area contributed by atoms with Crippen LogP contribution >= 0.6 is 0 Å². The highest BCUT2D eigenvalue weighted by Crippen LogP contribution is 2.41. The van der Waals surface area contributed by atoms with E-state index in [9.17, 15) is 14.7 Å². The molecule has 3 rings (SSSR count). The van der Waals surface area contributed by atoms with Gasteiger partial charge in [0.25, 0.3) is 0 Å². The van der Waals surface area contributed by atoms with Crippen molar-refractivity contribution >= 4 is 17.4 Å². The van der Waals surface area contributed by atoms with Crippen LogP contribution in [0.5, 0.6) is 0 Å². The van der Waals surface area contributed by atoms with Crippen molar-refractivity contribution in [3.8, 4) is 0 Å². The van der Waals surface area contributed by atoms with Crippen molar-refractivity contribution in [1.82, 2.24) is 15.1 Å². The predicted molar refractivity (Wildman–Crippen MR) is 110 cm³/mol. The first kappa shape index (κ1) is 20.6. The van der Waals surface area contributed by atoms with Gasteiger partial charge in [-0.3, -0.25) is 9.59 Å². The zero-order chi connectivity index (χ0) is 20.3. The molecule has 2 N–H and O–H groups in total. The third kappa shape index (κ3) is 4.28. The molecule has 3 atom stereocenters. The Bertz CT molecular complexity index is 742. The number of aliphatic hydroxyl groups is 1. The van der Waals surface area contributed by atoms with Crippen LogP contribution in [0.3, 0.4) is 0 Å². The number of likely N-dealkylation sites (tertiary alicyclic amines) is 1. The van der Waals surface area contributed by atoms with Gasteiger partial charge in [0.05, 0.1) is 25.2 Å². The van der Waals surface area contributed by atoms with Gasteiger partial charge in [-0.2, -0.15) is 0 Å². The van der Waals surface area contributed by atoms with E-state index in [1.54, 1.807) is 4.90 Å². The maximum absolute atomic E-state index is 12.1. The lowest BCUT2D eigenvalue weighted by molar-refractivity contribution is -0.148. The quantitative estimate of drug-likeness (QED) is 0.748. The molecule has 1 aliphatic carbocycles. The Hall–Kier alpha value is -2.18. The second-order valence-electron chi connectivity index (χ2n) is 8.05. The highest BCUT2D eigenvalue weighted by molar-refractivity contribution is 5.79. The van der Waals surface area contributed by atoms with Gasteiger partial charge in [0.15, 0.2) is 0 Å². The van der Waals surface area contributed by atoms with Gasteiger partial charge in [0.1, 0.15) is 0 Å². The Morgan fingerprint density at radius 2 is 1.93 bits per heavy atom. The second-order valence-corrected chi connectivity index (χ2v) is 8.05. The van der Waals surface area contributed by atoms with Gasteiger partial charge in [0, 0.05) is 19.4 Å². The van der Waals surface area contributed by atoms with Crippen LogP contribution in [0.15, 0.2) is 30.3 Å². The topological polar surface area (TPSA) is 72.9 Å². The maximum Gasteiger partial charge on any atom is 0.234 e. The van der Waals surface area contributed by atoms with Crippen LogP contribution in [0.2, 0.25) is 0 Å². The van der Waals surface area contributed by atoms with E-state index < -0.39 is 0 Å². The number of allylic oxidation sites excluding steroid dienone is 2. The van der Waals surface area contributed by atoms with Crippen molar-refractivity contribution in [1.29, 1.82) is 0 Å². The summed E-state index contributed by atoms with van der Waals surface area (Å²) in [4.78, 5) is 27.7. The molecule has 0 aromatic heterocycles. The number of hydrogen-bond acceptors (Lipinski definition) is 4. The molecule has 6 heteroatoms. The lowest BCUT2D eigenvalue weighted by Crippen LogP contribution is -2.68. The average Bonchev–Trinajstić information content (AvgIpc) is 3.15. The summed E-state index contributed by atoms with van der Waals surface area (Å²) in [6, 6.07) is 8.10. The molecule has 0 unspecified atom stereocenters. The molecule has 28 heavy (non-hydrogen) atoms. The Kier molecular flexibility index (Phi) is 6.52. The minimum absolute atomic E-state index is 0.0140. The minimum Gasteiger partial charge on any atom is -0.394 e. The molecule has 0 radical (unpaired) electrons. The van der Waals surface area contributed by atoms with Crippen LogP contribution in [0, 0.1) is 0 Å². The van der Waals surface area contributed by atoms with Crippen LogP contribution < -0.4 is 5.32 Å². The zero-order valence-corrected chi connectivity index (χ0v) is 17.0. The standard InChI is InChI=1S/C22H31N3O3/c1-15(27)25-19(12-23-21(28)13-24(2)3)22(20(25)14-26)18-10-8-17(9-11-18)16-6-4-5-7-16/h6,8-11,19-20,22,26H,4-5,7,12-14H2,1-3H3,(H,23,28)/t19-,20-,22+/m1/s1. The molecule has 1 fully saturated rings. The summed E-state index contributed by atoms with van der Waals surface area (Å²) in [6.45, 7) is 2.13. The Balaban J connectivity index is 1.75. The van der Waals surface area contributed by atoms with Crippen molar-refractivity contribution in [2.75, 3.05) is 33.8 Å². The summed E-state index contributed by atoms with van der Waals surface area (Å²) in [6.07, 6.45) is 5.79. The van der Waals surface area contributed by atoms with E-state index in [0.29, 0.717) is 13.1 Å². The first-order valence-corrected chi connectivity index (χ1v) is 10.0. The molecule has 1 aromatic carbocycles. The van der Waals surface area contributed by atoms with Crippen molar-refractivity contribution in [3.05, 3.63) is 41.5 Å². The molecular formula is C22H31N3O3. The number of aliphatic hydroxyl groups excluding tert-OH is 1. The van der Waals surface area contributed by atoms with Gasteiger partial charge in [-0.15, -0.1) is 0 Å². The smallest absolute Gasteiger partial charge is 0.234 e. The van der Waals surface area contributed by atoms with E-state index in [0.717, 1.165) is 18.4 Å². The normalized spacial score (nSPS) is 24.1. The summed E-state index contributed by atoms with van der Waals surface area (Å²) in [7, 11) is 3.69. The largest absolute Gasteiger partial charge is 0.394 e. The second kappa shape index (κ2) is 8.88. The number of nitrogens with zero attached hydrogens (tertiary/aromatic N) is 2. The molecular weight excluding hydrogens is 354 g/mol. The minimum atomic E-state index is -0.246. The summed E-state index contributed by atoms with van der Waals surface area (Å²) in [5, 5.41) is 12.8. The highest BCUT2D eigenvalue weighted by Gasteiger charge is 2.49. The summed E-state index contributed by atoms with van der Waals surface area (Å²) >= 11 is 0. The van der Waals surface area contributed by atoms with Crippen LogP contribution in [-0.4, -0.2) is 72.6 Å². The first-order valence-electron chi connectivity index (χ1n) is 10.0. The van der Waals surface area contributed by atoms with Gasteiger partial charge in [0.2, 0.25) is 11.8 Å². The predicted octanol–water partition coefficient (Wildman–Crippen LogP) is 1.61. The maximum atomic E-state index is 12.1. The molecule has 1 heterocycles. The third-order valence-corrected chi connectivity index (χ3v) is 5.77. The Morgan fingerprint density at radius 3 is 2.46 bits per heavy atom. The first-order chi connectivity index (χ1) is 13.4. The van der Waals surface area contributed by atoms with E-state index >= 15 is 0 Å². The van der Waals surface area contributed by atoms with Gasteiger partial charge >= 0.3 is 0 Å². The number of hydrogen-bond donors (Lipinski definition) is 2. The van der Waals surface area contributed by atoms with Crippen LogP contribution in [-0.2, 0) is 9.59 Å². The fourth-order valence-electron chi connectivity index (χ4n) is 4.50. The lowest BCUT2D eigenvalue weighted by Gasteiger charge is -2.54. The summed E-state index contributed by atoms with van der Waals surface area (Å²) < 4.78 is 0. The zero-order valence-electron chi connectivity index (χ0n) is 17.0. The number of carbonyl (C=O) groups excluding carboxylic acids is 2. The number of benzene rings is 1. The van der Waals surface area contributed by atoms with Crippen molar-refractivity contribution in [2.24, 2.45) is 0 Å². The van der Waals surface area contributed by atoms with E-state index in [2.05, 4.69) is 35.7 Å². The molecule has 152 valence electrons. The molecule has 2 amide bonds. The molecule has 1 aliphatic heterocycles. The lowest BCUT2D eigenvalue weighted by atomic mass is 9.74. The summed E-state index contributed by atoms with van der Waals surface area (Å²) in [5.74, 6) is -0.127. The van der Waals surface area contributed by atoms with Gasteiger partial charge in [-0.1, -0.05) is 30.3 Å². The number of nitrogens with one attached hydrogen (secondary N) is 1. The SMILES string of the molecule is CC(=O)N1[C@H](CO)[C@@H](c2ccc(C3=CCCC3)cc2)[C@H]1CNC(=O)CN(C)C. The summed E-state index contributed by atoms with van der Waals surface area (Å²) in [5.41, 5.74) is 3.75. The average molecular weight is 386 g/mol. The fourth-order valence-corrected chi connectivity index (χ4v) is 4.50. The Labute approximate surface area is 167 Å². The van der Waals surface area contributed by atoms with E-state index in [4.69, 9.17) is 0 Å². The molecule has 0 spiro atoms. The number of likely N-dealkylation sites (N-methyl/N-ethyl adjacent to an activating group) is 1. The van der Waals surface area contributed by atoms with E-state index in [1.165, 1.54) is 24.5 Å². The van der Waals surface area contributed by atoms with Crippen LogP contribution in [0.4, 0.5) is 0 Å². The molecule has 0 bridgehead atoms. The van der Waals surface area contributed by atoms with Gasteiger partial charge in [-0.05, 0) is 50.1 Å². The van der Waals surface area contributed by atoms with Gasteiger partial charge in [-0.25, -0.2) is 0 Å². The van der Waals surface area contributed by atoms with Crippen LogP contribution in [0.25, 0.3) is 5.57 Å². The molecule has 0 saturated carbocycles.